The SMILES string of the molecule is Fc1ccc2c(c1)CCC21CNCC(CC2CCCC2)O1. The number of benzene rings is 1. The van der Waals surface area contributed by atoms with E-state index in [4.69, 9.17) is 4.74 Å². The summed E-state index contributed by atoms with van der Waals surface area (Å²) in [6, 6.07) is 5.21. The third-order valence-corrected chi connectivity index (χ3v) is 5.60. The molecule has 2 unspecified atom stereocenters. The molecule has 1 aromatic rings. The van der Waals surface area contributed by atoms with Crippen molar-refractivity contribution in [3.63, 3.8) is 0 Å². The first-order valence-electron chi connectivity index (χ1n) is 8.43. The predicted molar refractivity (Wildman–Crippen MR) is 80.7 cm³/mol. The lowest BCUT2D eigenvalue weighted by molar-refractivity contribution is -0.127. The molecule has 2 fully saturated rings. The maximum absolute atomic E-state index is 13.4. The van der Waals surface area contributed by atoms with E-state index in [9.17, 15) is 4.39 Å². The maximum Gasteiger partial charge on any atom is 0.123 e. The van der Waals surface area contributed by atoms with Gasteiger partial charge in [-0.1, -0.05) is 31.7 Å². The van der Waals surface area contributed by atoms with Crippen LogP contribution in [0.4, 0.5) is 4.39 Å². The Balaban J connectivity index is 1.53. The highest BCUT2D eigenvalue weighted by Gasteiger charge is 2.44. The van der Waals surface area contributed by atoms with Crippen LogP contribution in [-0.2, 0) is 16.8 Å². The molecule has 2 aliphatic carbocycles. The van der Waals surface area contributed by atoms with Gasteiger partial charge in [0.05, 0.1) is 6.10 Å². The van der Waals surface area contributed by atoms with Gasteiger partial charge in [0.2, 0.25) is 0 Å². The molecule has 4 rings (SSSR count). The number of rotatable bonds is 2. The molecule has 1 aromatic carbocycles. The van der Waals surface area contributed by atoms with Crippen molar-refractivity contribution in [2.75, 3.05) is 13.1 Å². The van der Waals surface area contributed by atoms with Crippen molar-refractivity contribution in [2.24, 2.45) is 5.92 Å². The highest BCUT2D eigenvalue weighted by Crippen LogP contribution is 2.43. The van der Waals surface area contributed by atoms with Crippen LogP contribution in [-0.4, -0.2) is 19.2 Å². The summed E-state index contributed by atoms with van der Waals surface area (Å²) >= 11 is 0. The van der Waals surface area contributed by atoms with E-state index in [1.807, 2.05) is 6.07 Å². The molecule has 1 aliphatic heterocycles. The monoisotopic (exact) mass is 289 g/mol. The van der Waals surface area contributed by atoms with Crippen molar-refractivity contribution in [1.82, 2.24) is 5.32 Å². The largest absolute Gasteiger partial charge is 0.364 e. The number of hydrogen-bond donors (Lipinski definition) is 1. The quantitative estimate of drug-likeness (QED) is 0.899. The van der Waals surface area contributed by atoms with E-state index in [0.717, 1.165) is 37.4 Å². The van der Waals surface area contributed by atoms with E-state index in [-0.39, 0.29) is 11.4 Å². The Morgan fingerprint density at radius 2 is 2.14 bits per heavy atom. The van der Waals surface area contributed by atoms with Crippen LogP contribution in [0.1, 0.15) is 49.7 Å². The lowest BCUT2D eigenvalue weighted by Crippen LogP contribution is -2.51. The summed E-state index contributed by atoms with van der Waals surface area (Å²) in [6.45, 7) is 1.83. The zero-order valence-corrected chi connectivity index (χ0v) is 12.5. The molecule has 1 saturated carbocycles. The summed E-state index contributed by atoms with van der Waals surface area (Å²) in [4.78, 5) is 0. The molecule has 1 heterocycles. The van der Waals surface area contributed by atoms with Gasteiger partial charge in [0.15, 0.2) is 0 Å². The lowest BCUT2D eigenvalue weighted by atomic mass is 9.91. The van der Waals surface area contributed by atoms with Crippen LogP contribution >= 0.6 is 0 Å². The predicted octanol–water partition coefficient (Wildman–Crippen LogP) is 3.54. The number of fused-ring (bicyclic) bond motifs is 2. The average molecular weight is 289 g/mol. The molecule has 0 amide bonds. The molecule has 3 heteroatoms. The summed E-state index contributed by atoms with van der Waals surface area (Å²) in [5.41, 5.74) is 2.15. The van der Waals surface area contributed by atoms with Crippen LogP contribution in [0.25, 0.3) is 0 Å². The maximum atomic E-state index is 13.4. The minimum atomic E-state index is -0.204. The minimum Gasteiger partial charge on any atom is -0.364 e. The van der Waals surface area contributed by atoms with Gasteiger partial charge in [0, 0.05) is 13.1 Å². The summed E-state index contributed by atoms with van der Waals surface area (Å²) in [6.07, 6.45) is 8.94. The van der Waals surface area contributed by atoms with E-state index in [0.29, 0.717) is 6.10 Å². The first-order chi connectivity index (χ1) is 10.3. The Kier molecular flexibility index (Phi) is 3.50. The van der Waals surface area contributed by atoms with Crippen LogP contribution < -0.4 is 5.32 Å². The average Bonchev–Trinajstić information content (AvgIpc) is 3.09. The minimum absolute atomic E-state index is 0.128. The highest BCUT2D eigenvalue weighted by atomic mass is 19.1. The molecule has 0 aromatic heterocycles. The Morgan fingerprint density at radius 1 is 1.29 bits per heavy atom. The fourth-order valence-electron chi connectivity index (χ4n) is 4.58. The molecule has 1 saturated heterocycles. The molecule has 1 N–H and O–H groups in total. The number of aryl methyl sites for hydroxylation is 1. The zero-order chi connectivity index (χ0) is 14.3. The number of ether oxygens (including phenoxy) is 1. The van der Waals surface area contributed by atoms with Gasteiger partial charge in [-0.3, -0.25) is 0 Å². The van der Waals surface area contributed by atoms with E-state index in [1.54, 1.807) is 12.1 Å². The first kappa shape index (κ1) is 13.7. The Labute approximate surface area is 126 Å². The second kappa shape index (κ2) is 5.36. The van der Waals surface area contributed by atoms with Gasteiger partial charge in [-0.15, -0.1) is 0 Å². The van der Waals surface area contributed by atoms with Crippen molar-refractivity contribution in [1.29, 1.82) is 0 Å². The van der Waals surface area contributed by atoms with Gasteiger partial charge in [-0.25, -0.2) is 4.39 Å². The van der Waals surface area contributed by atoms with Gasteiger partial charge in [-0.05, 0) is 48.4 Å². The van der Waals surface area contributed by atoms with Crippen LogP contribution in [0.15, 0.2) is 18.2 Å². The first-order valence-corrected chi connectivity index (χ1v) is 8.43. The number of nitrogens with one attached hydrogen (secondary N) is 1. The molecule has 114 valence electrons. The summed E-state index contributed by atoms with van der Waals surface area (Å²) in [5, 5.41) is 3.58. The van der Waals surface area contributed by atoms with Crippen molar-refractivity contribution >= 4 is 0 Å². The number of morpholine rings is 1. The molecule has 3 aliphatic rings. The zero-order valence-electron chi connectivity index (χ0n) is 12.5. The Morgan fingerprint density at radius 3 is 3.00 bits per heavy atom. The third kappa shape index (κ3) is 2.51. The number of hydrogen-bond acceptors (Lipinski definition) is 2. The highest BCUT2D eigenvalue weighted by molar-refractivity contribution is 5.38. The van der Waals surface area contributed by atoms with Crippen molar-refractivity contribution in [3.05, 3.63) is 35.1 Å². The Bertz CT molecular complexity index is 526. The van der Waals surface area contributed by atoms with E-state index in [2.05, 4.69) is 5.32 Å². The van der Waals surface area contributed by atoms with Gasteiger partial charge in [0.25, 0.3) is 0 Å². The van der Waals surface area contributed by atoms with E-state index >= 15 is 0 Å². The number of halogens is 1. The molecule has 0 radical (unpaired) electrons. The smallest absolute Gasteiger partial charge is 0.123 e. The summed E-state index contributed by atoms with van der Waals surface area (Å²) in [5.74, 6) is 0.720. The van der Waals surface area contributed by atoms with Crippen molar-refractivity contribution in [2.45, 2.75) is 56.7 Å². The fraction of sp³-hybridized carbons (Fsp3) is 0.667. The van der Waals surface area contributed by atoms with Gasteiger partial charge in [0.1, 0.15) is 11.4 Å². The van der Waals surface area contributed by atoms with Crippen LogP contribution in [0.5, 0.6) is 0 Å². The standard InChI is InChI=1S/C18H24FNO/c19-15-5-6-17-14(10-15)7-8-18(17)12-20-11-16(21-18)9-13-3-1-2-4-13/h5-6,10,13,16,20H,1-4,7-9,11-12H2. The van der Waals surface area contributed by atoms with Crippen LogP contribution in [0, 0.1) is 11.7 Å². The molecular formula is C18H24FNO. The van der Waals surface area contributed by atoms with E-state index < -0.39 is 0 Å². The van der Waals surface area contributed by atoms with Crippen molar-refractivity contribution in [3.8, 4) is 0 Å². The molecule has 21 heavy (non-hydrogen) atoms. The normalized spacial score (nSPS) is 32.7. The van der Waals surface area contributed by atoms with E-state index in [1.165, 1.54) is 37.7 Å². The molecule has 0 bridgehead atoms. The molecule has 2 nitrogen and oxygen atoms in total. The molecule has 2 atom stereocenters. The third-order valence-electron chi connectivity index (χ3n) is 5.60. The Hall–Kier alpha value is -0.930. The van der Waals surface area contributed by atoms with Crippen LogP contribution in [0.2, 0.25) is 0 Å². The summed E-state index contributed by atoms with van der Waals surface area (Å²) < 4.78 is 20.0. The van der Waals surface area contributed by atoms with Crippen molar-refractivity contribution < 1.29 is 9.13 Å². The van der Waals surface area contributed by atoms with Gasteiger partial charge in [-0.2, -0.15) is 0 Å². The topological polar surface area (TPSA) is 21.3 Å². The second-order valence-electron chi connectivity index (χ2n) is 7.05. The van der Waals surface area contributed by atoms with Gasteiger partial charge < -0.3 is 10.1 Å². The molecular weight excluding hydrogens is 265 g/mol. The second-order valence-corrected chi connectivity index (χ2v) is 7.05. The summed E-state index contributed by atoms with van der Waals surface area (Å²) in [7, 11) is 0. The lowest BCUT2D eigenvalue weighted by Gasteiger charge is -2.41. The fourth-order valence-corrected chi connectivity index (χ4v) is 4.58. The molecule has 1 spiro atoms. The van der Waals surface area contributed by atoms with Crippen LogP contribution in [0.3, 0.4) is 0 Å². The van der Waals surface area contributed by atoms with Gasteiger partial charge >= 0.3 is 0 Å².